The van der Waals surface area contributed by atoms with Crippen molar-refractivity contribution in [3.05, 3.63) is 0 Å². The van der Waals surface area contributed by atoms with Crippen LogP contribution in [0.3, 0.4) is 0 Å². The first-order chi connectivity index (χ1) is 10.2. The van der Waals surface area contributed by atoms with E-state index < -0.39 is 36.0 Å². The minimum atomic E-state index is -2.24. The number of carbonyl (C=O) groups is 4. The first kappa shape index (κ1) is 17.9. The van der Waals surface area contributed by atoms with E-state index in [2.05, 4.69) is 5.32 Å². The Morgan fingerprint density at radius 3 is 1.91 bits per heavy atom. The van der Waals surface area contributed by atoms with E-state index in [1.807, 2.05) is 0 Å². The zero-order valence-electron chi connectivity index (χ0n) is 12.7. The molecule has 1 aliphatic heterocycles. The molecule has 0 bridgehead atoms. The SMILES string of the molecule is CC(=O)OC1NCCN(OC(C)=O)C1(OC(C)=O)OC(C)=O. The van der Waals surface area contributed by atoms with Gasteiger partial charge in [-0.15, -0.1) is 0 Å². The molecular weight excluding hydrogens is 300 g/mol. The van der Waals surface area contributed by atoms with Gasteiger partial charge in [0.1, 0.15) is 0 Å². The first-order valence-corrected chi connectivity index (χ1v) is 6.43. The topological polar surface area (TPSA) is 120 Å². The third kappa shape index (κ3) is 4.40. The van der Waals surface area contributed by atoms with Crippen LogP contribution >= 0.6 is 0 Å². The lowest BCUT2D eigenvalue weighted by Gasteiger charge is -2.45. The van der Waals surface area contributed by atoms with Gasteiger partial charge in [0.25, 0.3) is 6.23 Å². The Morgan fingerprint density at radius 1 is 0.955 bits per heavy atom. The molecule has 0 spiro atoms. The molecule has 0 aromatic rings. The van der Waals surface area contributed by atoms with Crippen molar-refractivity contribution in [3.63, 3.8) is 0 Å². The van der Waals surface area contributed by atoms with Crippen LogP contribution in [0.1, 0.15) is 27.7 Å². The van der Waals surface area contributed by atoms with Crippen LogP contribution in [-0.2, 0) is 38.2 Å². The van der Waals surface area contributed by atoms with Crippen LogP contribution in [0.2, 0.25) is 0 Å². The van der Waals surface area contributed by atoms with Crippen molar-refractivity contribution in [2.45, 2.75) is 39.8 Å². The molecule has 0 aliphatic carbocycles. The molecule has 10 heteroatoms. The van der Waals surface area contributed by atoms with Gasteiger partial charge in [0.05, 0.1) is 6.54 Å². The molecule has 0 aromatic carbocycles. The van der Waals surface area contributed by atoms with Crippen molar-refractivity contribution in [3.8, 4) is 0 Å². The smallest absolute Gasteiger partial charge is 0.405 e. The fraction of sp³-hybridized carbons (Fsp3) is 0.667. The molecule has 1 N–H and O–H groups in total. The van der Waals surface area contributed by atoms with Crippen molar-refractivity contribution in [2.24, 2.45) is 0 Å². The number of nitrogens with one attached hydrogen (secondary N) is 1. The zero-order valence-corrected chi connectivity index (χ0v) is 12.7. The number of hydrogen-bond acceptors (Lipinski definition) is 10. The fourth-order valence-corrected chi connectivity index (χ4v) is 1.90. The van der Waals surface area contributed by atoms with Crippen LogP contribution in [0, 0.1) is 0 Å². The van der Waals surface area contributed by atoms with E-state index in [0.717, 1.165) is 32.8 Å². The number of carbonyl (C=O) groups excluding carboxylic acids is 4. The van der Waals surface area contributed by atoms with Crippen LogP contribution in [0.25, 0.3) is 0 Å². The summed E-state index contributed by atoms with van der Waals surface area (Å²) in [6, 6.07) is 0. The average Bonchev–Trinajstić information content (AvgIpc) is 2.31. The van der Waals surface area contributed by atoms with Crippen molar-refractivity contribution in [1.82, 2.24) is 10.4 Å². The maximum absolute atomic E-state index is 11.4. The van der Waals surface area contributed by atoms with Crippen LogP contribution in [0.4, 0.5) is 0 Å². The van der Waals surface area contributed by atoms with Crippen LogP contribution in [-0.4, -0.2) is 54.2 Å². The summed E-state index contributed by atoms with van der Waals surface area (Å²) in [7, 11) is 0. The normalized spacial score (nSPS) is 20.6. The van der Waals surface area contributed by atoms with Gasteiger partial charge in [0, 0.05) is 34.2 Å². The molecule has 0 amide bonds. The molecule has 124 valence electrons. The lowest BCUT2D eigenvalue weighted by Crippen LogP contribution is -2.71. The van der Waals surface area contributed by atoms with Gasteiger partial charge in [0.2, 0.25) is 0 Å². The monoisotopic (exact) mass is 318 g/mol. The van der Waals surface area contributed by atoms with E-state index in [1.54, 1.807) is 0 Å². The molecule has 10 nitrogen and oxygen atoms in total. The van der Waals surface area contributed by atoms with Crippen molar-refractivity contribution >= 4 is 23.9 Å². The number of hydroxylamine groups is 2. The van der Waals surface area contributed by atoms with Crippen molar-refractivity contribution < 1.29 is 38.2 Å². The molecule has 22 heavy (non-hydrogen) atoms. The lowest BCUT2D eigenvalue weighted by atomic mass is 10.3. The highest BCUT2D eigenvalue weighted by Gasteiger charge is 2.58. The number of ether oxygens (including phenoxy) is 3. The summed E-state index contributed by atoms with van der Waals surface area (Å²) < 4.78 is 15.1. The summed E-state index contributed by atoms with van der Waals surface area (Å²) in [6.07, 6.45) is -1.37. The number of rotatable bonds is 4. The second-order valence-corrected chi connectivity index (χ2v) is 4.45. The molecule has 1 saturated heterocycles. The number of piperazine rings is 1. The summed E-state index contributed by atoms with van der Waals surface area (Å²) in [4.78, 5) is 50.2. The van der Waals surface area contributed by atoms with Gasteiger partial charge in [-0.3, -0.25) is 24.5 Å². The number of hydrogen-bond donors (Lipinski definition) is 1. The van der Waals surface area contributed by atoms with E-state index in [4.69, 9.17) is 19.0 Å². The second kappa shape index (κ2) is 7.18. The third-order valence-corrected chi connectivity index (χ3v) is 2.43. The predicted molar refractivity (Wildman–Crippen MR) is 68.3 cm³/mol. The quantitative estimate of drug-likeness (QED) is 0.512. The minimum absolute atomic E-state index is 0.0257. The van der Waals surface area contributed by atoms with Crippen LogP contribution in [0.15, 0.2) is 0 Å². The maximum atomic E-state index is 11.4. The predicted octanol–water partition coefficient (Wildman–Crippen LogP) is -0.961. The van der Waals surface area contributed by atoms with Gasteiger partial charge in [-0.2, -0.15) is 0 Å². The lowest BCUT2D eigenvalue weighted by molar-refractivity contribution is -0.405. The Labute approximate surface area is 126 Å². The highest BCUT2D eigenvalue weighted by Crippen LogP contribution is 2.28. The van der Waals surface area contributed by atoms with Gasteiger partial charge in [-0.05, 0) is 0 Å². The molecule has 1 atom stereocenters. The molecule has 1 aliphatic rings. The van der Waals surface area contributed by atoms with E-state index in [-0.39, 0.29) is 13.1 Å². The van der Waals surface area contributed by atoms with Gasteiger partial charge in [0.15, 0.2) is 0 Å². The average molecular weight is 318 g/mol. The summed E-state index contributed by atoms with van der Waals surface area (Å²) in [5.41, 5.74) is 0. The third-order valence-electron chi connectivity index (χ3n) is 2.43. The van der Waals surface area contributed by atoms with E-state index in [0.29, 0.717) is 0 Å². The van der Waals surface area contributed by atoms with Crippen LogP contribution < -0.4 is 5.32 Å². The zero-order chi connectivity index (χ0) is 16.9. The summed E-state index contributed by atoms with van der Waals surface area (Å²) in [5, 5.41) is 3.57. The molecule has 1 rings (SSSR count). The van der Waals surface area contributed by atoms with Crippen LogP contribution in [0.5, 0.6) is 0 Å². The van der Waals surface area contributed by atoms with E-state index >= 15 is 0 Å². The second-order valence-electron chi connectivity index (χ2n) is 4.45. The summed E-state index contributed by atoms with van der Waals surface area (Å²) >= 11 is 0. The van der Waals surface area contributed by atoms with Crippen molar-refractivity contribution in [2.75, 3.05) is 13.1 Å². The maximum Gasteiger partial charge on any atom is 0.405 e. The molecule has 0 radical (unpaired) electrons. The molecule has 0 saturated carbocycles. The van der Waals surface area contributed by atoms with E-state index in [1.165, 1.54) is 0 Å². The highest BCUT2D eigenvalue weighted by atomic mass is 16.8. The highest BCUT2D eigenvalue weighted by molar-refractivity contribution is 5.70. The molecule has 1 heterocycles. The van der Waals surface area contributed by atoms with Gasteiger partial charge in [-0.1, -0.05) is 5.06 Å². The Kier molecular flexibility index (Phi) is 5.83. The first-order valence-electron chi connectivity index (χ1n) is 6.43. The number of esters is 3. The molecule has 0 aromatic heterocycles. The Hall–Kier alpha value is -2.20. The molecular formula is C12H18N2O8. The Balaban J connectivity index is 3.26. The van der Waals surface area contributed by atoms with Crippen molar-refractivity contribution in [1.29, 1.82) is 0 Å². The largest absolute Gasteiger partial charge is 0.436 e. The van der Waals surface area contributed by atoms with Gasteiger partial charge < -0.3 is 19.0 Å². The minimum Gasteiger partial charge on any atom is -0.436 e. The Bertz CT molecular complexity index is 436. The summed E-state index contributed by atoms with van der Waals surface area (Å²) in [6.45, 7) is 4.62. The van der Waals surface area contributed by atoms with E-state index in [9.17, 15) is 19.2 Å². The Morgan fingerprint density at radius 2 is 1.50 bits per heavy atom. The summed E-state index contributed by atoms with van der Waals surface area (Å²) in [5.74, 6) is -5.36. The molecule has 1 fully saturated rings. The molecule has 1 unspecified atom stereocenters. The van der Waals surface area contributed by atoms with Gasteiger partial charge in [-0.25, -0.2) is 0 Å². The number of nitrogens with zero attached hydrogens (tertiary/aromatic N) is 1. The fourth-order valence-electron chi connectivity index (χ4n) is 1.90. The standard InChI is InChI=1S/C12H18N2O8/c1-7(15)19-11-12(20-8(2)16,21-9(3)17)14(6-5-13-11)22-10(4)18/h11,13H,5-6H2,1-4H3. The van der Waals surface area contributed by atoms with Gasteiger partial charge >= 0.3 is 29.8 Å².